The van der Waals surface area contributed by atoms with Gasteiger partial charge < -0.3 is 14.5 Å². The van der Waals surface area contributed by atoms with Gasteiger partial charge in [0.2, 0.25) is 11.8 Å². The predicted molar refractivity (Wildman–Crippen MR) is 102 cm³/mol. The number of carbonyl (C=O) groups is 1. The normalized spacial score (nSPS) is 14.7. The van der Waals surface area contributed by atoms with E-state index in [0.29, 0.717) is 24.8 Å². The SMILES string of the molecule is COc1cc(N2CCN(C(=O)/C=C/c3ccccc3C)CC2)nc(C)n1. The van der Waals surface area contributed by atoms with Gasteiger partial charge in [-0.1, -0.05) is 24.3 Å². The van der Waals surface area contributed by atoms with E-state index in [1.165, 1.54) is 0 Å². The van der Waals surface area contributed by atoms with E-state index in [9.17, 15) is 4.79 Å². The molecule has 0 unspecified atom stereocenters. The molecule has 6 heteroatoms. The second-order valence-electron chi connectivity index (χ2n) is 6.32. The molecule has 0 saturated carbocycles. The van der Waals surface area contributed by atoms with Crippen LogP contribution < -0.4 is 9.64 Å². The average Bonchev–Trinajstić information content (AvgIpc) is 2.66. The zero-order chi connectivity index (χ0) is 18.5. The summed E-state index contributed by atoms with van der Waals surface area (Å²) in [6.45, 7) is 6.71. The summed E-state index contributed by atoms with van der Waals surface area (Å²) < 4.78 is 5.22. The van der Waals surface area contributed by atoms with Crippen LogP contribution in [0.1, 0.15) is 17.0 Å². The third kappa shape index (κ3) is 4.20. The summed E-state index contributed by atoms with van der Waals surface area (Å²) in [5, 5.41) is 0. The maximum atomic E-state index is 12.5. The summed E-state index contributed by atoms with van der Waals surface area (Å²) in [5.74, 6) is 2.13. The van der Waals surface area contributed by atoms with Crippen LogP contribution >= 0.6 is 0 Å². The van der Waals surface area contributed by atoms with E-state index in [4.69, 9.17) is 4.74 Å². The number of piperazine rings is 1. The van der Waals surface area contributed by atoms with Crippen molar-refractivity contribution in [2.24, 2.45) is 0 Å². The van der Waals surface area contributed by atoms with Crippen LogP contribution in [0, 0.1) is 13.8 Å². The Morgan fingerprint density at radius 2 is 1.85 bits per heavy atom. The Morgan fingerprint density at radius 3 is 2.54 bits per heavy atom. The molecule has 1 aromatic heterocycles. The number of hydrogen-bond donors (Lipinski definition) is 0. The highest BCUT2D eigenvalue weighted by Gasteiger charge is 2.21. The van der Waals surface area contributed by atoms with Crippen molar-refractivity contribution in [3.63, 3.8) is 0 Å². The molecule has 1 aliphatic heterocycles. The molecule has 26 heavy (non-hydrogen) atoms. The molecule has 3 rings (SSSR count). The van der Waals surface area contributed by atoms with E-state index in [0.717, 1.165) is 30.0 Å². The molecule has 0 radical (unpaired) electrons. The molecule has 1 aliphatic rings. The topological polar surface area (TPSA) is 58.6 Å². The number of ether oxygens (including phenoxy) is 1. The lowest BCUT2D eigenvalue weighted by Crippen LogP contribution is -2.48. The summed E-state index contributed by atoms with van der Waals surface area (Å²) in [6, 6.07) is 9.87. The van der Waals surface area contributed by atoms with E-state index in [2.05, 4.69) is 14.9 Å². The van der Waals surface area contributed by atoms with E-state index < -0.39 is 0 Å². The molecule has 0 aliphatic carbocycles. The Morgan fingerprint density at radius 1 is 1.12 bits per heavy atom. The fraction of sp³-hybridized carbons (Fsp3) is 0.350. The van der Waals surface area contributed by atoms with Gasteiger partial charge in [-0.15, -0.1) is 0 Å². The number of carbonyl (C=O) groups excluding carboxylic acids is 1. The first-order chi connectivity index (χ1) is 12.6. The molecule has 1 saturated heterocycles. The molecule has 6 nitrogen and oxygen atoms in total. The lowest BCUT2D eigenvalue weighted by molar-refractivity contribution is -0.126. The molecule has 1 amide bonds. The highest BCUT2D eigenvalue weighted by Crippen LogP contribution is 2.19. The predicted octanol–water partition coefficient (Wildman–Crippen LogP) is 2.46. The Balaban J connectivity index is 1.60. The minimum absolute atomic E-state index is 0.0457. The van der Waals surface area contributed by atoms with Gasteiger partial charge in [0.15, 0.2) is 0 Å². The highest BCUT2D eigenvalue weighted by molar-refractivity contribution is 5.92. The molecule has 0 N–H and O–H groups in total. The van der Waals surface area contributed by atoms with E-state index in [1.54, 1.807) is 13.2 Å². The summed E-state index contributed by atoms with van der Waals surface area (Å²) in [6.07, 6.45) is 3.55. The lowest BCUT2D eigenvalue weighted by Gasteiger charge is -2.35. The molecule has 2 aromatic rings. The first-order valence-corrected chi connectivity index (χ1v) is 8.74. The van der Waals surface area contributed by atoms with Gasteiger partial charge in [0.05, 0.1) is 7.11 Å². The Bertz CT molecular complexity index is 811. The van der Waals surface area contributed by atoms with E-state index in [1.807, 2.05) is 55.2 Å². The second kappa shape index (κ2) is 7.99. The molecule has 0 spiro atoms. The van der Waals surface area contributed by atoms with E-state index >= 15 is 0 Å². The molecule has 1 aromatic carbocycles. The summed E-state index contributed by atoms with van der Waals surface area (Å²) in [4.78, 5) is 25.2. The van der Waals surface area contributed by atoms with Crippen molar-refractivity contribution in [2.75, 3.05) is 38.2 Å². The zero-order valence-corrected chi connectivity index (χ0v) is 15.5. The van der Waals surface area contributed by atoms with Crippen LogP contribution in [0.5, 0.6) is 5.88 Å². The Labute approximate surface area is 154 Å². The van der Waals surface area contributed by atoms with Gasteiger partial charge in [-0.3, -0.25) is 4.79 Å². The van der Waals surface area contributed by atoms with Crippen LogP contribution in [0.25, 0.3) is 6.08 Å². The van der Waals surface area contributed by atoms with Crippen molar-refractivity contribution in [2.45, 2.75) is 13.8 Å². The number of aromatic nitrogens is 2. The zero-order valence-electron chi connectivity index (χ0n) is 15.5. The summed E-state index contributed by atoms with van der Waals surface area (Å²) in [7, 11) is 1.60. The van der Waals surface area contributed by atoms with E-state index in [-0.39, 0.29) is 5.91 Å². The monoisotopic (exact) mass is 352 g/mol. The van der Waals surface area contributed by atoms with Crippen LogP contribution in [-0.4, -0.2) is 54.1 Å². The molecule has 136 valence electrons. The van der Waals surface area contributed by atoms with Crippen molar-refractivity contribution in [3.05, 3.63) is 53.4 Å². The minimum Gasteiger partial charge on any atom is -0.481 e. The first-order valence-electron chi connectivity index (χ1n) is 8.74. The van der Waals surface area contributed by atoms with Crippen LogP contribution in [0.15, 0.2) is 36.4 Å². The maximum absolute atomic E-state index is 12.5. The Kier molecular flexibility index (Phi) is 5.51. The maximum Gasteiger partial charge on any atom is 0.246 e. The van der Waals surface area contributed by atoms with Gasteiger partial charge in [-0.25, -0.2) is 4.98 Å². The second-order valence-corrected chi connectivity index (χ2v) is 6.32. The van der Waals surface area contributed by atoms with Crippen LogP contribution in [0.3, 0.4) is 0 Å². The van der Waals surface area contributed by atoms with Gasteiger partial charge in [0.25, 0.3) is 0 Å². The molecule has 2 heterocycles. The van der Waals surface area contributed by atoms with Crippen LogP contribution in [-0.2, 0) is 4.79 Å². The van der Waals surface area contributed by atoms with Crippen molar-refractivity contribution in [3.8, 4) is 5.88 Å². The van der Waals surface area contributed by atoms with Gasteiger partial charge in [-0.05, 0) is 31.1 Å². The summed E-state index contributed by atoms with van der Waals surface area (Å²) >= 11 is 0. The smallest absolute Gasteiger partial charge is 0.246 e. The number of anilines is 1. The largest absolute Gasteiger partial charge is 0.481 e. The molecule has 0 bridgehead atoms. The lowest BCUT2D eigenvalue weighted by atomic mass is 10.1. The molecular weight excluding hydrogens is 328 g/mol. The number of amides is 1. The Hall–Kier alpha value is -2.89. The third-order valence-electron chi connectivity index (χ3n) is 4.52. The first kappa shape index (κ1) is 17.9. The number of aryl methyl sites for hydroxylation is 2. The number of rotatable bonds is 4. The minimum atomic E-state index is 0.0457. The highest BCUT2D eigenvalue weighted by atomic mass is 16.5. The number of methoxy groups -OCH3 is 1. The molecule has 1 fully saturated rings. The quantitative estimate of drug-likeness (QED) is 0.791. The number of hydrogen-bond acceptors (Lipinski definition) is 5. The van der Waals surface area contributed by atoms with Crippen molar-refractivity contribution >= 4 is 17.8 Å². The number of nitrogens with zero attached hydrogens (tertiary/aromatic N) is 4. The standard InChI is InChI=1S/C20H24N4O2/c1-15-6-4-5-7-17(15)8-9-20(25)24-12-10-23(11-13-24)18-14-19(26-3)22-16(2)21-18/h4-9,14H,10-13H2,1-3H3/b9-8+. The fourth-order valence-electron chi connectivity index (χ4n) is 2.99. The van der Waals surface area contributed by atoms with Gasteiger partial charge >= 0.3 is 0 Å². The molecule has 0 atom stereocenters. The fourth-order valence-corrected chi connectivity index (χ4v) is 2.99. The van der Waals surface area contributed by atoms with Gasteiger partial charge in [-0.2, -0.15) is 4.98 Å². The van der Waals surface area contributed by atoms with Crippen LogP contribution in [0.2, 0.25) is 0 Å². The van der Waals surface area contributed by atoms with Gasteiger partial charge in [0.1, 0.15) is 11.6 Å². The third-order valence-corrected chi connectivity index (χ3v) is 4.52. The van der Waals surface area contributed by atoms with Crippen molar-refractivity contribution in [1.82, 2.24) is 14.9 Å². The average molecular weight is 352 g/mol. The molecular formula is C20H24N4O2. The van der Waals surface area contributed by atoms with Crippen LogP contribution in [0.4, 0.5) is 5.82 Å². The summed E-state index contributed by atoms with van der Waals surface area (Å²) in [5.41, 5.74) is 2.23. The number of benzene rings is 1. The van der Waals surface area contributed by atoms with Crippen molar-refractivity contribution < 1.29 is 9.53 Å². The van der Waals surface area contributed by atoms with Gasteiger partial charge in [0, 0.05) is 38.3 Å². The van der Waals surface area contributed by atoms with Crippen molar-refractivity contribution in [1.29, 1.82) is 0 Å².